The van der Waals surface area contributed by atoms with E-state index in [1.807, 2.05) is 80.6 Å². The minimum atomic E-state index is -0.262. The van der Waals surface area contributed by atoms with Crippen LogP contribution in [0, 0.1) is 6.92 Å². The van der Waals surface area contributed by atoms with Crippen molar-refractivity contribution in [2.75, 3.05) is 7.11 Å². The molecule has 4 aromatic rings. The molecule has 31 heavy (non-hydrogen) atoms. The SMILES string of the molecule is COc1ccc(-c2nn(Cc3ccccc3)cc2C(=O)NC(C)c2ccc(C)o2)cc1. The molecule has 158 valence electrons. The van der Waals surface area contributed by atoms with E-state index in [9.17, 15) is 4.79 Å². The number of nitrogens with one attached hydrogen (secondary N) is 1. The molecule has 4 rings (SSSR count). The smallest absolute Gasteiger partial charge is 0.255 e. The molecule has 0 spiro atoms. The summed E-state index contributed by atoms with van der Waals surface area (Å²) in [5, 5.41) is 7.75. The van der Waals surface area contributed by atoms with Crippen LogP contribution >= 0.6 is 0 Å². The van der Waals surface area contributed by atoms with E-state index >= 15 is 0 Å². The fraction of sp³-hybridized carbons (Fsp3) is 0.200. The zero-order valence-electron chi connectivity index (χ0n) is 17.8. The molecule has 0 aliphatic rings. The van der Waals surface area contributed by atoms with E-state index in [2.05, 4.69) is 5.32 Å². The summed E-state index contributed by atoms with van der Waals surface area (Å²) in [5.41, 5.74) is 3.09. The lowest BCUT2D eigenvalue weighted by molar-refractivity contribution is 0.0935. The summed E-state index contributed by atoms with van der Waals surface area (Å²) in [6.45, 7) is 4.36. The minimum Gasteiger partial charge on any atom is -0.497 e. The number of amides is 1. The van der Waals surface area contributed by atoms with Gasteiger partial charge in [0.1, 0.15) is 23.0 Å². The van der Waals surface area contributed by atoms with E-state index in [0.29, 0.717) is 23.6 Å². The Morgan fingerprint density at radius 2 is 1.84 bits per heavy atom. The van der Waals surface area contributed by atoms with Gasteiger partial charge in [-0.3, -0.25) is 9.48 Å². The zero-order valence-corrected chi connectivity index (χ0v) is 17.8. The van der Waals surface area contributed by atoms with Crippen LogP contribution in [0.2, 0.25) is 0 Å². The van der Waals surface area contributed by atoms with Gasteiger partial charge in [0.15, 0.2) is 0 Å². The number of rotatable bonds is 7. The number of hydrogen-bond donors (Lipinski definition) is 1. The lowest BCUT2D eigenvalue weighted by atomic mass is 10.1. The van der Waals surface area contributed by atoms with Crippen LogP contribution in [0.25, 0.3) is 11.3 Å². The molecule has 1 atom stereocenters. The van der Waals surface area contributed by atoms with Gasteiger partial charge in [0.2, 0.25) is 0 Å². The van der Waals surface area contributed by atoms with Gasteiger partial charge in [-0.2, -0.15) is 5.10 Å². The molecule has 0 aliphatic carbocycles. The topological polar surface area (TPSA) is 69.3 Å². The summed E-state index contributed by atoms with van der Waals surface area (Å²) in [4.78, 5) is 13.2. The maximum Gasteiger partial charge on any atom is 0.255 e. The average molecular weight is 415 g/mol. The van der Waals surface area contributed by atoms with Gasteiger partial charge in [0, 0.05) is 11.8 Å². The first-order valence-corrected chi connectivity index (χ1v) is 10.2. The molecule has 0 aliphatic heterocycles. The lowest BCUT2D eigenvalue weighted by Crippen LogP contribution is -2.26. The summed E-state index contributed by atoms with van der Waals surface area (Å²) in [6.07, 6.45) is 1.79. The molecule has 6 nitrogen and oxygen atoms in total. The molecular formula is C25H25N3O3. The van der Waals surface area contributed by atoms with Gasteiger partial charge in [0.25, 0.3) is 5.91 Å². The molecule has 0 saturated heterocycles. The highest BCUT2D eigenvalue weighted by atomic mass is 16.5. The predicted octanol–water partition coefficient (Wildman–Crippen LogP) is 5.00. The van der Waals surface area contributed by atoms with Crippen molar-refractivity contribution in [3.05, 3.63) is 95.6 Å². The first-order chi connectivity index (χ1) is 15.0. The number of carbonyl (C=O) groups excluding carboxylic acids is 1. The van der Waals surface area contributed by atoms with Crippen molar-refractivity contribution in [1.82, 2.24) is 15.1 Å². The monoisotopic (exact) mass is 415 g/mol. The van der Waals surface area contributed by atoms with Gasteiger partial charge >= 0.3 is 0 Å². The maximum absolute atomic E-state index is 13.2. The van der Waals surface area contributed by atoms with E-state index in [1.54, 1.807) is 18.0 Å². The number of methoxy groups -OCH3 is 1. The van der Waals surface area contributed by atoms with Crippen molar-refractivity contribution in [2.24, 2.45) is 0 Å². The largest absolute Gasteiger partial charge is 0.497 e. The van der Waals surface area contributed by atoms with Crippen LogP contribution in [0.4, 0.5) is 0 Å². The van der Waals surface area contributed by atoms with E-state index in [-0.39, 0.29) is 11.9 Å². The van der Waals surface area contributed by atoms with Crippen LogP contribution in [0.15, 0.2) is 77.3 Å². The number of carbonyl (C=O) groups is 1. The van der Waals surface area contributed by atoms with Crippen molar-refractivity contribution < 1.29 is 13.9 Å². The zero-order chi connectivity index (χ0) is 21.8. The minimum absolute atomic E-state index is 0.202. The molecule has 0 fully saturated rings. The van der Waals surface area contributed by atoms with Crippen LogP contribution in [-0.2, 0) is 6.54 Å². The Morgan fingerprint density at radius 1 is 1.10 bits per heavy atom. The van der Waals surface area contributed by atoms with E-state index in [4.69, 9.17) is 14.3 Å². The Hall–Kier alpha value is -3.80. The summed E-state index contributed by atoms with van der Waals surface area (Å²) in [5.74, 6) is 2.08. The number of aryl methyl sites for hydroxylation is 1. The van der Waals surface area contributed by atoms with Gasteiger partial charge < -0.3 is 14.5 Å². The molecule has 2 heterocycles. The van der Waals surface area contributed by atoms with Crippen molar-refractivity contribution in [1.29, 1.82) is 0 Å². The summed E-state index contributed by atoms with van der Waals surface area (Å²) in [7, 11) is 1.63. The summed E-state index contributed by atoms with van der Waals surface area (Å²) < 4.78 is 12.7. The van der Waals surface area contributed by atoms with Gasteiger partial charge in [-0.15, -0.1) is 0 Å². The first kappa shape index (κ1) is 20.5. The van der Waals surface area contributed by atoms with Crippen molar-refractivity contribution in [3.63, 3.8) is 0 Å². The molecule has 1 amide bonds. The first-order valence-electron chi connectivity index (χ1n) is 10.2. The van der Waals surface area contributed by atoms with E-state index < -0.39 is 0 Å². The van der Waals surface area contributed by atoms with Crippen LogP contribution < -0.4 is 10.1 Å². The highest BCUT2D eigenvalue weighted by Gasteiger charge is 2.21. The number of aromatic nitrogens is 2. The number of ether oxygens (including phenoxy) is 1. The average Bonchev–Trinajstić information content (AvgIpc) is 3.41. The van der Waals surface area contributed by atoms with Crippen LogP contribution in [0.3, 0.4) is 0 Å². The van der Waals surface area contributed by atoms with Gasteiger partial charge in [-0.25, -0.2) is 0 Å². The second-order valence-corrected chi connectivity index (χ2v) is 7.45. The summed E-state index contributed by atoms with van der Waals surface area (Å²) in [6, 6.07) is 21.1. The van der Waals surface area contributed by atoms with Gasteiger partial charge in [-0.1, -0.05) is 30.3 Å². The quantitative estimate of drug-likeness (QED) is 0.461. The second-order valence-electron chi connectivity index (χ2n) is 7.45. The highest BCUT2D eigenvalue weighted by molar-refractivity contribution is 6.00. The standard InChI is InChI=1S/C25H25N3O3/c1-17-9-14-23(31-17)18(2)26-25(29)22-16-28(15-19-7-5-4-6-8-19)27-24(22)20-10-12-21(30-3)13-11-20/h4-14,16,18H,15H2,1-3H3,(H,26,29). The Labute approximate surface area is 181 Å². The van der Waals surface area contributed by atoms with Crippen molar-refractivity contribution in [3.8, 4) is 17.0 Å². The predicted molar refractivity (Wildman–Crippen MR) is 119 cm³/mol. The number of nitrogens with zero attached hydrogens (tertiary/aromatic N) is 2. The normalized spacial score (nSPS) is 11.8. The number of benzene rings is 2. The van der Waals surface area contributed by atoms with Gasteiger partial charge in [0.05, 0.1) is 25.3 Å². The van der Waals surface area contributed by atoms with Gasteiger partial charge in [-0.05, 0) is 55.8 Å². The molecule has 2 aromatic carbocycles. The van der Waals surface area contributed by atoms with Crippen LogP contribution in [0.5, 0.6) is 5.75 Å². The molecular weight excluding hydrogens is 390 g/mol. The highest BCUT2D eigenvalue weighted by Crippen LogP contribution is 2.26. The third-order valence-corrected chi connectivity index (χ3v) is 5.09. The summed E-state index contributed by atoms with van der Waals surface area (Å²) >= 11 is 0. The molecule has 6 heteroatoms. The van der Waals surface area contributed by atoms with Crippen molar-refractivity contribution in [2.45, 2.75) is 26.4 Å². The molecule has 1 unspecified atom stereocenters. The van der Waals surface area contributed by atoms with E-state index in [1.165, 1.54) is 0 Å². The van der Waals surface area contributed by atoms with Crippen LogP contribution in [0.1, 0.15) is 40.4 Å². The number of furan rings is 1. The molecule has 1 N–H and O–H groups in total. The number of hydrogen-bond acceptors (Lipinski definition) is 4. The molecule has 0 saturated carbocycles. The second kappa shape index (κ2) is 8.92. The molecule has 2 aromatic heterocycles. The fourth-order valence-corrected chi connectivity index (χ4v) is 3.43. The maximum atomic E-state index is 13.2. The van der Waals surface area contributed by atoms with Crippen LogP contribution in [-0.4, -0.2) is 22.8 Å². The molecule has 0 bridgehead atoms. The molecule has 0 radical (unpaired) electrons. The van der Waals surface area contributed by atoms with Crippen molar-refractivity contribution >= 4 is 5.91 Å². The Kier molecular flexibility index (Phi) is 5.89. The van der Waals surface area contributed by atoms with E-state index in [0.717, 1.165) is 22.6 Å². The fourth-order valence-electron chi connectivity index (χ4n) is 3.43. The lowest BCUT2D eigenvalue weighted by Gasteiger charge is -2.11. The third-order valence-electron chi connectivity index (χ3n) is 5.09. The third kappa shape index (κ3) is 4.69. The Bertz CT molecular complexity index is 1160. The Morgan fingerprint density at radius 3 is 2.48 bits per heavy atom. The Balaban J connectivity index is 1.65.